The van der Waals surface area contributed by atoms with Gasteiger partial charge in [-0.15, -0.1) is 5.06 Å². The molecule has 0 unspecified atom stereocenters. The molecule has 10 heteroatoms. The summed E-state index contributed by atoms with van der Waals surface area (Å²) in [5.74, 6) is -1.96. The van der Waals surface area contributed by atoms with Crippen LogP contribution in [0.5, 0.6) is 0 Å². The van der Waals surface area contributed by atoms with Crippen LogP contribution in [-0.4, -0.2) is 47.5 Å². The smallest absolute Gasteiger partial charge is 0.287 e. The lowest BCUT2D eigenvalue weighted by Crippen LogP contribution is -2.25. The molecule has 0 saturated carbocycles. The van der Waals surface area contributed by atoms with E-state index in [4.69, 9.17) is 51.6 Å². The highest BCUT2D eigenvalue weighted by molar-refractivity contribution is 6.55. The number of halogens is 4. The summed E-state index contributed by atoms with van der Waals surface area (Å²) in [5, 5.41) is 8.37. The van der Waals surface area contributed by atoms with Crippen LogP contribution in [0.4, 0.5) is 0 Å². The number of hydroxylamine groups is 2. The maximum absolute atomic E-state index is 11.5. The number of benzene rings is 1. The van der Waals surface area contributed by atoms with Gasteiger partial charge in [0, 0.05) is 14.1 Å². The summed E-state index contributed by atoms with van der Waals surface area (Å²) in [6.45, 7) is 0. The summed E-state index contributed by atoms with van der Waals surface area (Å²) in [4.78, 5) is 33.8. The number of hydrogen-bond donors (Lipinski definition) is 1. The Morgan fingerprint density at radius 1 is 0.905 bits per heavy atom. The molecule has 0 aliphatic carbocycles. The maximum Gasteiger partial charge on any atom is 0.287 e. The van der Waals surface area contributed by atoms with Crippen molar-refractivity contribution >= 4 is 64.6 Å². The number of hydrogen-bond acceptors (Lipinski definition) is 4. The molecular formula is C11H8Cl4N2O4. The Kier molecular flexibility index (Phi) is 5.83. The second kappa shape index (κ2) is 6.81. The Bertz CT molecular complexity index is 586. The van der Waals surface area contributed by atoms with Gasteiger partial charge in [-0.25, -0.2) is 0 Å². The lowest BCUT2D eigenvalue weighted by atomic mass is 10.1. The molecule has 1 aliphatic rings. The lowest BCUT2D eigenvalue weighted by molar-refractivity contribution is -0.115. The minimum atomic E-state index is -0.981. The van der Waals surface area contributed by atoms with E-state index in [2.05, 4.69) is 0 Å². The van der Waals surface area contributed by atoms with Crippen molar-refractivity contribution in [3.63, 3.8) is 0 Å². The van der Waals surface area contributed by atoms with Crippen LogP contribution >= 0.6 is 46.4 Å². The van der Waals surface area contributed by atoms with Gasteiger partial charge in [0.1, 0.15) is 0 Å². The molecule has 21 heavy (non-hydrogen) atoms. The zero-order chi connectivity index (χ0) is 16.5. The first-order valence-corrected chi connectivity index (χ1v) is 6.71. The van der Waals surface area contributed by atoms with Gasteiger partial charge in [-0.05, 0) is 0 Å². The molecule has 3 amide bonds. The third-order valence-corrected chi connectivity index (χ3v) is 4.09. The number of carbonyl (C=O) groups is 3. The second-order valence-electron chi connectivity index (χ2n) is 4.00. The first-order valence-electron chi connectivity index (χ1n) is 5.20. The van der Waals surface area contributed by atoms with E-state index in [-0.39, 0.29) is 36.3 Å². The molecule has 1 aromatic rings. The van der Waals surface area contributed by atoms with Crippen molar-refractivity contribution in [1.82, 2.24) is 9.96 Å². The highest BCUT2D eigenvalue weighted by Gasteiger charge is 2.41. The molecule has 1 N–H and O–H groups in total. The molecule has 0 radical (unpaired) electrons. The molecular weight excluding hydrogens is 366 g/mol. The van der Waals surface area contributed by atoms with Crippen molar-refractivity contribution in [3.05, 3.63) is 31.2 Å². The molecule has 0 bridgehead atoms. The molecule has 0 fully saturated rings. The Morgan fingerprint density at radius 2 is 1.19 bits per heavy atom. The largest absolute Gasteiger partial charge is 0.351 e. The molecule has 1 aromatic carbocycles. The first-order chi connectivity index (χ1) is 9.64. The second-order valence-corrected chi connectivity index (χ2v) is 5.51. The van der Waals surface area contributed by atoms with Gasteiger partial charge in [-0.2, -0.15) is 0 Å². The molecule has 0 atom stereocenters. The van der Waals surface area contributed by atoms with E-state index in [9.17, 15) is 14.4 Å². The van der Waals surface area contributed by atoms with Crippen LogP contribution in [0.2, 0.25) is 20.1 Å². The number of imide groups is 1. The zero-order valence-corrected chi connectivity index (χ0v) is 13.7. The van der Waals surface area contributed by atoms with Crippen molar-refractivity contribution in [3.8, 4) is 0 Å². The quantitative estimate of drug-likeness (QED) is 0.270. The fourth-order valence-electron chi connectivity index (χ4n) is 1.34. The zero-order valence-electron chi connectivity index (χ0n) is 10.7. The van der Waals surface area contributed by atoms with Gasteiger partial charge in [0.25, 0.3) is 11.8 Å². The number of carbonyl (C=O) groups excluding carboxylic acids is 3. The Hall–Kier alpha value is -1.05. The minimum Gasteiger partial charge on any atom is -0.351 e. The summed E-state index contributed by atoms with van der Waals surface area (Å²) >= 11 is 22.9. The third kappa shape index (κ3) is 3.25. The monoisotopic (exact) mass is 372 g/mol. The fourth-order valence-corrected chi connectivity index (χ4v) is 2.35. The summed E-state index contributed by atoms with van der Waals surface area (Å²) in [6.07, 6.45) is 0.750. The van der Waals surface area contributed by atoms with E-state index < -0.39 is 11.8 Å². The molecule has 1 heterocycles. The van der Waals surface area contributed by atoms with E-state index in [1.165, 1.54) is 4.90 Å². The van der Waals surface area contributed by atoms with Crippen LogP contribution in [0.3, 0.4) is 0 Å². The Balaban J connectivity index is 0.000000383. The van der Waals surface area contributed by atoms with Crippen LogP contribution in [-0.2, 0) is 4.79 Å². The lowest BCUT2D eigenvalue weighted by Gasteiger charge is -2.05. The molecule has 0 aromatic heterocycles. The van der Waals surface area contributed by atoms with Crippen molar-refractivity contribution in [1.29, 1.82) is 0 Å². The van der Waals surface area contributed by atoms with E-state index in [0.29, 0.717) is 0 Å². The maximum atomic E-state index is 11.5. The summed E-state index contributed by atoms with van der Waals surface area (Å²) in [7, 11) is 3.38. The first kappa shape index (κ1) is 18.0. The van der Waals surface area contributed by atoms with E-state index in [1.54, 1.807) is 14.1 Å². The number of amides is 3. The Morgan fingerprint density at radius 3 is 1.43 bits per heavy atom. The standard InChI is InChI=1S/C8HCl4NO3.C3H7NO/c9-3-1-2(4(10)6(12)5(3)11)8(15)13(16)7(1)14;1-4(2)3-5/h16H;3H,1-2H3. The van der Waals surface area contributed by atoms with Crippen LogP contribution in [0.25, 0.3) is 0 Å². The average molecular weight is 374 g/mol. The Labute approximate surface area is 139 Å². The molecule has 0 spiro atoms. The van der Waals surface area contributed by atoms with Crippen LogP contribution in [0.1, 0.15) is 20.7 Å². The normalized spacial score (nSPS) is 12.8. The summed E-state index contributed by atoms with van der Waals surface area (Å²) < 4.78 is 0. The van der Waals surface area contributed by atoms with Crippen molar-refractivity contribution in [2.75, 3.05) is 14.1 Å². The molecule has 0 saturated heterocycles. The van der Waals surface area contributed by atoms with E-state index >= 15 is 0 Å². The molecule has 6 nitrogen and oxygen atoms in total. The molecule has 1 aliphatic heterocycles. The highest BCUT2D eigenvalue weighted by Crippen LogP contribution is 2.44. The topological polar surface area (TPSA) is 77.9 Å². The SMILES string of the molecule is CN(C)C=O.O=C1c2c(Cl)c(Cl)c(Cl)c(Cl)c2C(=O)N1O. The van der Waals surface area contributed by atoms with Gasteiger partial charge in [0.2, 0.25) is 6.41 Å². The van der Waals surface area contributed by atoms with E-state index in [0.717, 1.165) is 6.41 Å². The molecule has 114 valence electrons. The average Bonchev–Trinajstić information content (AvgIpc) is 2.68. The summed E-state index contributed by atoms with van der Waals surface area (Å²) in [5.41, 5.74) is -0.484. The van der Waals surface area contributed by atoms with Gasteiger partial charge >= 0.3 is 0 Å². The van der Waals surface area contributed by atoms with Gasteiger partial charge in [0.05, 0.1) is 31.2 Å². The van der Waals surface area contributed by atoms with E-state index in [1.807, 2.05) is 0 Å². The molecule has 2 rings (SSSR count). The number of rotatable bonds is 1. The van der Waals surface area contributed by atoms with Crippen LogP contribution in [0, 0.1) is 0 Å². The van der Waals surface area contributed by atoms with Gasteiger partial charge < -0.3 is 4.90 Å². The van der Waals surface area contributed by atoms with Gasteiger partial charge in [-0.1, -0.05) is 46.4 Å². The van der Waals surface area contributed by atoms with Crippen LogP contribution in [0.15, 0.2) is 0 Å². The van der Waals surface area contributed by atoms with Gasteiger partial charge in [-0.3, -0.25) is 19.6 Å². The number of fused-ring (bicyclic) bond motifs is 1. The predicted octanol–water partition coefficient (Wildman–Crippen LogP) is 2.99. The predicted molar refractivity (Wildman–Crippen MR) is 78.5 cm³/mol. The minimum absolute atomic E-state index is 0.0882. The van der Waals surface area contributed by atoms with Gasteiger partial charge in [0.15, 0.2) is 0 Å². The third-order valence-electron chi connectivity index (χ3n) is 2.29. The summed E-state index contributed by atoms with van der Waals surface area (Å²) in [6, 6.07) is 0. The number of nitrogens with zero attached hydrogens (tertiary/aromatic N) is 2. The van der Waals surface area contributed by atoms with Crippen molar-refractivity contribution < 1.29 is 19.6 Å². The van der Waals surface area contributed by atoms with Crippen molar-refractivity contribution in [2.45, 2.75) is 0 Å². The van der Waals surface area contributed by atoms with Crippen LogP contribution < -0.4 is 0 Å². The highest BCUT2D eigenvalue weighted by atomic mass is 35.5. The van der Waals surface area contributed by atoms with Crippen molar-refractivity contribution in [2.24, 2.45) is 0 Å². The fraction of sp³-hybridized carbons (Fsp3) is 0.182.